The molecule has 2 rings (SSSR count). The van der Waals surface area contributed by atoms with Crippen molar-refractivity contribution in [3.8, 4) is 0 Å². The molecule has 1 atom stereocenters. The molecule has 28 heavy (non-hydrogen) atoms. The molecule has 0 radical (unpaired) electrons. The normalized spacial score (nSPS) is 17.5. The van der Waals surface area contributed by atoms with Crippen molar-refractivity contribution < 1.29 is 18.0 Å². The molecule has 2 N–H and O–H groups in total. The summed E-state index contributed by atoms with van der Waals surface area (Å²) in [4.78, 5) is 25.8. The van der Waals surface area contributed by atoms with Crippen molar-refractivity contribution in [2.75, 3.05) is 18.4 Å². The number of amides is 3. The molecule has 1 unspecified atom stereocenters. The maximum Gasteiger partial charge on any atom is 0.332 e. The first kappa shape index (κ1) is 22.5. The summed E-state index contributed by atoms with van der Waals surface area (Å²) in [5.41, 5.74) is 2.23. The second-order valence-corrected chi connectivity index (χ2v) is 10.0. The lowest BCUT2D eigenvalue weighted by atomic mass is 9.92. The Bertz CT molecular complexity index is 839. The fraction of sp³-hybridized carbons (Fsp3) is 0.579. The lowest BCUT2D eigenvalue weighted by Gasteiger charge is -2.21. The number of halogens is 1. The molecule has 156 valence electrons. The second kappa shape index (κ2) is 8.69. The Morgan fingerprint density at radius 1 is 1.21 bits per heavy atom. The topological polar surface area (TPSA) is 95.6 Å². The van der Waals surface area contributed by atoms with Crippen LogP contribution in [-0.2, 0) is 14.8 Å². The highest BCUT2D eigenvalue weighted by Gasteiger charge is 2.38. The Morgan fingerprint density at radius 2 is 1.75 bits per heavy atom. The van der Waals surface area contributed by atoms with Gasteiger partial charge in [0.2, 0.25) is 15.9 Å². The van der Waals surface area contributed by atoms with Crippen LogP contribution in [0.4, 0.5) is 10.5 Å². The summed E-state index contributed by atoms with van der Waals surface area (Å²) in [5.74, 6) is -0.0671. The molecular formula is C19H28ClN3O4S. The van der Waals surface area contributed by atoms with Crippen LogP contribution in [0.1, 0.15) is 64.0 Å². The van der Waals surface area contributed by atoms with Crippen LogP contribution in [0.5, 0.6) is 0 Å². The summed E-state index contributed by atoms with van der Waals surface area (Å²) < 4.78 is 27.2. The first-order valence-corrected chi connectivity index (χ1v) is 11.3. The fourth-order valence-corrected chi connectivity index (χ4v) is 4.76. The molecule has 0 saturated carbocycles. The van der Waals surface area contributed by atoms with Crippen molar-refractivity contribution in [3.05, 3.63) is 28.3 Å². The van der Waals surface area contributed by atoms with Gasteiger partial charge in [0.05, 0.1) is 0 Å². The van der Waals surface area contributed by atoms with Crippen LogP contribution < -0.4 is 10.0 Å². The van der Waals surface area contributed by atoms with Crippen LogP contribution in [0.2, 0.25) is 5.02 Å². The van der Waals surface area contributed by atoms with E-state index in [0.29, 0.717) is 17.3 Å². The van der Waals surface area contributed by atoms with E-state index in [1.807, 2.05) is 27.7 Å². The number of likely N-dealkylation sites (tertiary alicyclic amines) is 1. The van der Waals surface area contributed by atoms with Crippen molar-refractivity contribution in [3.63, 3.8) is 0 Å². The van der Waals surface area contributed by atoms with Crippen LogP contribution in [0.25, 0.3) is 0 Å². The maximum atomic E-state index is 12.6. The molecule has 0 spiro atoms. The van der Waals surface area contributed by atoms with Gasteiger partial charge in [-0.1, -0.05) is 39.3 Å². The zero-order valence-electron chi connectivity index (χ0n) is 16.9. The second-order valence-electron chi connectivity index (χ2n) is 7.63. The Labute approximate surface area is 171 Å². The van der Waals surface area contributed by atoms with Gasteiger partial charge in [-0.2, -0.15) is 0 Å². The highest BCUT2D eigenvalue weighted by Crippen LogP contribution is 2.35. The molecule has 7 nitrogen and oxygen atoms in total. The Morgan fingerprint density at radius 3 is 2.18 bits per heavy atom. The molecule has 1 saturated heterocycles. The minimum absolute atomic E-state index is 0.0775. The van der Waals surface area contributed by atoms with E-state index in [2.05, 4.69) is 10.0 Å². The average Bonchev–Trinajstić information content (AvgIpc) is 2.97. The van der Waals surface area contributed by atoms with E-state index in [9.17, 15) is 18.0 Å². The maximum absolute atomic E-state index is 12.6. The Hall–Kier alpha value is -1.80. The highest BCUT2D eigenvalue weighted by atomic mass is 35.5. The van der Waals surface area contributed by atoms with Crippen molar-refractivity contribution in [1.29, 1.82) is 0 Å². The molecule has 1 aromatic carbocycles. The van der Waals surface area contributed by atoms with Gasteiger partial charge in [0.1, 0.15) is 5.25 Å². The summed E-state index contributed by atoms with van der Waals surface area (Å²) >= 11 is 6.22. The lowest BCUT2D eigenvalue weighted by molar-refractivity contribution is -0.127. The minimum Gasteiger partial charge on any atom is -0.342 e. The third-order valence-corrected chi connectivity index (χ3v) is 6.76. The van der Waals surface area contributed by atoms with Gasteiger partial charge in [0, 0.05) is 30.2 Å². The van der Waals surface area contributed by atoms with E-state index in [1.54, 1.807) is 19.1 Å². The summed E-state index contributed by atoms with van der Waals surface area (Å²) in [6, 6.07) is 2.71. The van der Waals surface area contributed by atoms with Crippen LogP contribution in [-0.4, -0.2) is 43.6 Å². The molecule has 1 aromatic rings. The minimum atomic E-state index is -3.98. The van der Waals surface area contributed by atoms with Gasteiger partial charge < -0.3 is 10.2 Å². The molecule has 1 heterocycles. The number of anilines is 1. The standard InChI is InChI=1S/C19H28ClN3O4S/c1-6-23-10-14(9-17(23)24)28(26,27)22-19(25)21-18-15(11(2)3)7-13(20)8-16(18)12(4)5/h7-8,11-12,14H,6,9-10H2,1-5H3,(H2,21,22,25). The van der Waals surface area contributed by atoms with Crippen molar-refractivity contribution in [1.82, 2.24) is 9.62 Å². The summed E-state index contributed by atoms with van der Waals surface area (Å²) in [7, 11) is -3.98. The number of sulfonamides is 1. The number of hydrogen-bond acceptors (Lipinski definition) is 4. The van der Waals surface area contributed by atoms with E-state index >= 15 is 0 Å². The number of benzene rings is 1. The molecule has 1 aliphatic rings. The molecule has 9 heteroatoms. The van der Waals surface area contributed by atoms with Gasteiger partial charge in [-0.25, -0.2) is 17.9 Å². The number of carbonyl (C=O) groups is 2. The smallest absolute Gasteiger partial charge is 0.332 e. The lowest BCUT2D eigenvalue weighted by Crippen LogP contribution is -2.42. The van der Waals surface area contributed by atoms with Gasteiger partial charge in [-0.15, -0.1) is 0 Å². The number of urea groups is 1. The molecule has 3 amide bonds. The first-order valence-electron chi connectivity index (χ1n) is 9.40. The van der Waals surface area contributed by atoms with Gasteiger partial charge in [-0.05, 0) is 42.0 Å². The number of nitrogens with one attached hydrogen (secondary N) is 2. The third-order valence-electron chi connectivity index (χ3n) is 4.88. The zero-order chi connectivity index (χ0) is 21.2. The van der Waals surface area contributed by atoms with Crippen molar-refractivity contribution in [2.45, 2.75) is 58.1 Å². The summed E-state index contributed by atoms with van der Waals surface area (Å²) in [5, 5.41) is 2.32. The molecule has 0 aromatic heterocycles. The van der Waals surface area contributed by atoms with Gasteiger partial charge in [-0.3, -0.25) is 4.79 Å². The van der Waals surface area contributed by atoms with Gasteiger partial charge in [0.25, 0.3) is 0 Å². The predicted octanol–water partition coefficient (Wildman–Crippen LogP) is 3.66. The van der Waals surface area contributed by atoms with Crippen LogP contribution in [0.3, 0.4) is 0 Å². The van der Waals surface area contributed by atoms with E-state index in [0.717, 1.165) is 11.1 Å². The highest BCUT2D eigenvalue weighted by molar-refractivity contribution is 7.90. The van der Waals surface area contributed by atoms with Crippen molar-refractivity contribution >= 4 is 39.2 Å². The SMILES string of the molecule is CCN1CC(S(=O)(=O)NC(=O)Nc2c(C(C)C)cc(Cl)cc2C(C)C)CC1=O. The fourth-order valence-electron chi connectivity index (χ4n) is 3.31. The first-order chi connectivity index (χ1) is 13.0. The van der Waals surface area contributed by atoms with Crippen LogP contribution in [0.15, 0.2) is 12.1 Å². The largest absolute Gasteiger partial charge is 0.342 e. The average molecular weight is 430 g/mol. The molecule has 1 aliphatic heterocycles. The Kier molecular flexibility index (Phi) is 6.98. The summed E-state index contributed by atoms with van der Waals surface area (Å²) in [6.07, 6.45) is -0.119. The van der Waals surface area contributed by atoms with E-state index < -0.39 is 21.3 Å². The van der Waals surface area contributed by atoms with Crippen molar-refractivity contribution in [2.24, 2.45) is 0 Å². The molecule has 1 fully saturated rings. The van der Waals surface area contributed by atoms with Crippen LogP contribution >= 0.6 is 11.6 Å². The monoisotopic (exact) mass is 429 g/mol. The Balaban J connectivity index is 2.24. The van der Waals surface area contributed by atoms with E-state index in [-0.39, 0.29) is 30.7 Å². The quantitative estimate of drug-likeness (QED) is 0.721. The molecule has 0 bridgehead atoms. The van der Waals surface area contributed by atoms with Gasteiger partial charge in [0.15, 0.2) is 0 Å². The number of nitrogens with zero attached hydrogens (tertiary/aromatic N) is 1. The number of carbonyl (C=O) groups excluding carboxylic acids is 2. The number of hydrogen-bond donors (Lipinski definition) is 2. The van der Waals surface area contributed by atoms with Gasteiger partial charge >= 0.3 is 6.03 Å². The number of rotatable bonds is 6. The predicted molar refractivity (Wildman–Crippen MR) is 111 cm³/mol. The van der Waals surface area contributed by atoms with E-state index in [1.165, 1.54) is 4.90 Å². The summed E-state index contributed by atoms with van der Waals surface area (Å²) in [6.45, 7) is 10.2. The molecular weight excluding hydrogens is 402 g/mol. The van der Waals surface area contributed by atoms with Crippen LogP contribution in [0, 0.1) is 0 Å². The third kappa shape index (κ3) is 4.97. The molecule has 0 aliphatic carbocycles. The zero-order valence-corrected chi connectivity index (χ0v) is 18.4. The van der Waals surface area contributed by atoms with E-state index in [4.69, 9.17) is 11.6 Å².